The summed E-state index contributed by atoms with van der Waals surface area (Å²) >= 11 is 0. The molecule has 0 saturated heterocycles. The summed E-state index contributed by atoms with van der Waals surface area (Å²) in [5.41, 5.74) is -0.503. The lowest BCUT2D eigenvalue weighted by molar-refractivity contribution is 0.0454. The van der Waals surface area contributed by atoms with Crippen LogP contribution in [0.5, 0.6) is 11.5 Å². The first-order chi connectivity index (χ1) is 11.7. The molecule has 0 fully saturated rings. The van der Waals surface area contributed by atoms with Crippen molar-refractivity contribution in [2.45, 2.75) is 23.3 Å². The van der Waals surface area contributed by atoms with Gasteiger partial charge < -0.3 is 9.84 Å². The molecule has 3 atom stereocenters. The Kier molecular flexibility index (Phi) is 4.18. The molecule has 0 saturated carbocycles. The molecule has 1 aromatic heterocycles. The van der Waals surface area contributed by atoms with Crippen molar-refractivity contribution in [1.29, 1.82) is 5.26 Å². The molecule has 6 nitrogen and oxygen atoms in total. The zero-order chi connectivity index (χ0) is 18.4. The predicted octanol–water partition coefficient (Wildman–Crippen LogP) is 2.54. The van der Waals surface area contributed by atoms with Crippen molar-refractivity contribution >= 4 is 9.84 Å². The van der Waals surface area contributed by atoms with Gasteiger partial charge in [0.25, 0.3) is 0 Å². The van der Waals surface area contributed by atoms with Gasteiger partial charge in [0.1, 0.15) is 23.7 Å². The Morgan fingerprint density at radius 1 is 1.28 bits per heavy atom. The molecule has 0 radical (unpaired) electrons. The van der Waals surface area contributed by atoms with Crippen LogP contribution >= 0.6 is 0 Å². The lowest BCUT2D eigenvalue weighted by Crippen LogP contribution is -2.11. The van der Waals surface area contributed by atoms with Gasteiger partial charge in [0.2, 0.25) is 0 Å². The van der Waals surface area contributed by atoms with Crippen LogP contribution in [0.1, 0.15) is 29.0 Å². The molecular weight excluding hydrogens is 354 g/mol. The number of halogens is 2. The second kappa shape index (κ2) is 6.06. The monoisotopic (exact) mass is 366 g/mol. The van der Waals surface area contributed by atoms with Gasteiger partial charge in [-0.25, -0.2) is 17.2 Å². The SMILES string of the molecule is CS(=O)(=O)c1ccc(Oc2cncc(C#N)c2)c2c1[C@H](O)[C@H](F)[C@@H]2F. The molecule has 9 heteroatoms. The summed E-state index contributed by atoms with van der Waals surface area (Å²) in [5.74, 6) is -0.0525. The first kappa shape index (κ1) is 17.3. The number of alkyl halides is 2. The van der Waals surface area contributed by atoms with Crippen molar-refractivity contribution in [2.24, 2.45) is 0 Å². The van der Waals surface area contributed by atoms with Gasteiger partial charge in [-0.05, 0) is 12.1 Å². The molecular formula is C16H12F2N2O4S. The number of ether oxygens (including phenoxy) is 1. The summed E-state index contributed by atoms with van der Waals surface area (Å²) in [6.07, 6.45) is -3.01. The van der Waals surface area contributed by atoms with Crippen molar-refractivity contribution in [2.75, 3.05) is 6.26 Å². The lowest BCUT2D eigenvalue weighted by atomic mass is 10.1. The summed E-state index contributed by atoms with van der Waals surface area (Å²) in [7, 11) is -3.81. The van der Waals surface area contributed by atoms with Crippen molar-refractivity contribution in [3.8, 4) is 17.6 Å². The standard InChI is InChI=1S/C16H12F2N2O4S/c1-25(22,23)11-3-2-10(12-13(11)16(21)15(18)14(12)17)24-9-4-8(5-19)6-20-7-9/h2-4,6-7,14-16,21H,1H3/t14-,15-,16+/m1/s1. The van der Waals surface area contributed by atoms with Gasteiger partial charge in [0.15, 0.2) is 22.2 Å². The summed E-state index contributed by atoms with van der Waals surface area (Å²) in [6.45, 7) is 0. The fraction of sp³-hybridized carbons (Fsp3) is 0.250. The number of fused-ring (bicyclic) bond motifs is 1. The first-order valence-corrected chi connectivity index (χ1v) is 8.99. The summed E-state index contributed by atoms with van der Waals surface area (Å²) in [4.78, 5) is 3.44. The van der Waals surface area contributed by atoms with Crippen LogP contribution in [-0.4, -0.2) is 30.9 Å². The number of hydrogen-bond donors (Lipinski definition) is 1. The molecule has 0 spiro atoms. The van der Waals surface area contributed by atoms with Crippen molar-refractivity contribution in [3.05, 3.63) is 47.3 Å². The number of rotatable bonds is 3. The normalized spacial score (nSPS) is 22.3. The number of aromatic nitrogens is 1. The van der Waals surface area contributed by atoms with Crippen LogP contribution in [0.4, 0.5) is 8.78 Å². The minimum absolute atomic E-state index is 0.0948. The number of hydrogen-bond acceptors (Lipinski definition) is 6. The summed E-state index contributed by atoms with van der Waals surface area (Å²) < 4.78 is 57.5. The van der Waals surface area contributed by atoms with E-state index >= 15 is 0 Å². The highest BCUT2D eigenvalue weighted by Crippen LogP contribution is 2.50. The van der Waals surface area contributed by atoms with Crippen LogP contribution in [0, 0.1) is 11.3 Å². The Morgan fingerprint density at radius 3 is 2.64 bits per heavy atom. The number of sulfone groups is 1. The quantitative estimate of drug-likeness (QED) is 0.896. The third-order valence-corrected chi connectivity index (χ3v) is 4.98. The molecule has 2 aromatic rings. The number of aliphatic hydroxyl groups excluding tert-OH is 1. The van der Waals surface area contributed by atoms with Gasteiger partial charge in [-0.2, -0.15) is 5.26 Å². The lowest BCUT2D eigenvalue weighted by Gasteiger charge is -2.14. The number of aliphatic hydroxyl groups is 1. The Hall–Kier alpha value is -2.57. The van der Waals surface area contributed by atoms with Gasteiger partial charge in [-0.15, -0.1) is 0 Å². The highest BCUT2D eigenvalue weighted by Gasteiger charge is 2.45. The average molecular weight is 366 g/mol. The molecule has 1 aliphatic carbocycles. The van der Waals surface area contributed by atoms with Crippen LogP contribution < -0.4 is 4.74 Å². The van der Waals surface area contributed by atoms with Crippen molar-refractivity contribution < 1.29 is 27.0 Å². The largest absolute Gasteiger partial charge is 0.455 e. The van der Waals surface area contributed by atoms with Gasteiger partial charge >= 0.3 is 0 Å². The minimum Gasteiger partial charge on any atom is -0.455 e. The van der Waals surface area contributed by atoms with Gasteiger partial charge in [-0.1, -0.05) is 0 Å². The Bertz CT molecular complexity index is 988. The van der Waals surface area contributed by atoms with E-state index in [9.17, 15) is 22.3 Å². The second-order valence-electron chi connectivity index (χ2n) is 5.58. The second-order valence-corrected chi connectivity index (χ2v) is 7.56. The maximum absolute atomic E-state index is 14.4. The van der Waals surface area contributed by atoms with Crippen LogP contribution in [0.15, 0.2) is 35.5 Å². The Labute approximate surface area is 142 Å². The van der Waals surface area contributed by atoms with Crippen LogP contribution in [-0.2, 0) is 9.84 Å². The predicted molar refractivity (Wildman–Crippen MR) is 82.3 cm³/mol. The van der Waals surface area contributed by atoms with Gasteiger partial charge in [0, 0.05) is 29.6 Å². The third kappa shape index (κ3) is 2.94. The number of benzene rings is 1. The van der Waals surface area contributed by atoms with Gasteiger partial charge in [-0.3, -0.25) is 4.98 Å². The van der Waals surface area contributed by atoms with Crippen LogP contribution in [0.2, 0.25) is 0 Å². The number of nitriles is 1. The van der Waals surface area contributed by atoms with E-state index in [-0.39, 0.29) is 33.1 Å². The first-order valence-electron chi connectivity index (χ1n) is 7.10. The van der Waals surface area contributed by atoms with Crippen molar-refractivity contribution in [1.82, 2.24) is 4.98 Å². The number of nitrogens with zero attached hydrogens (tertiary/aromatic N) is 2. The zero-order valence-corrected chi connectivity index (χ0v) is 13.7. The smallest absolute Gasteiger partial charge is 0.175 e. The molecule has 0 bridgehead atoms. The van der Waals surface area contributed by atoms with Crippen molar-refractivity contribution in [3.63, 3.8) is 0 Å². The van der Waals surface area contributed by atoms with E-state index in [4.69, 9.17) is 10.00 Å². The molecule has 130 valence electrons. The summed E-state index contributed by atoms with van der Waals surface area (Å²) in [6, 6.07) is 5.51. The maximum atomic E-state index is 14.4. The fourth-order valence-electron chi connectivity index (χ4n) is 2.74. The Morgan fingerprint density at radius 2 is 2.00 bits per heavy atom. The third-order valence-electron chi connectivity index (χ3n) is 3.83. The topological polar surface area (TPSA) is 100 Å². The molecule has 0 aliphatic heterocycles. The maximum Gasteiger partial charge on any atom is 0.175 e. The highest BCUT2D eigenvalue weighted by molar-refractivity contribution is 7.90. The highest BCUT2D eigenvalue weighted by atomic mass is 32.2. The Balaban J connectivity index is 2.16. The van der Waals surface area contributed by atoms with E-state index in [2.05, 4.69) is 4.98 Å². The molecule has 1 aliphatic rings. The molecule has 25 heavy (non-hydrogen) atoms. The molecule has 3 rings (SSSR count). The van der Waals surface area contributed by atoms with Crippen LogP contribution in [0.3, 0.4) is 0 Å². The summed E-state index contributed by atoms with van der Waals surface area (Å²) in [5, 5.41) is 18.8. The van der Waals surface area contributed by atoms with Gasteiger partial charge in [0.05, 0.1) is 16.7 Å². The molecule has 1 aromatic carbocycles. The molecule has 1 N–H and O–H groups in total. The van der Waals surface area contributed by atoms with E-state index in [1.54, 1.807) is 0 Å². The van der Waals surface area contributed by atoms with E-state index < -0.39 is 28.3 Å². The van der Waals surface area contributed by atoms with Crippen LogP contribution in [0.25, 0.3) is 0 Å². The average Bonchev–Trinajstić information content (AvgIpc) is 2.79. The molecule has 0 unspecified atom stereocenters. The zero-order valence-electron chi connectivity index (χ0n) is 12.8. The van der Waals surface area contributed by atoms with E-state index in [0.29, 0.717) is 0 Å². The molecule has 1 heterocycles. The minimum atomic E-state index is -3.81. The number of pyridine rings is 1. The van der Waals surface area contributed by atoms with E-state index in [0.717, 1.165) is 12.3 Å². The molecule has 0 amide bonds. The fourth-order valence-corrected chi connectivity index (χ4v) is 3.68. The van der Waals surface area contributed by atoms with E-state index in [1.165, 1.54) is 24.5 Å². The van der Waals surface area contributed by atoms with E-state index in [1.807, 2.05) is 6.07 Å².